The molecule has 0 saturated carbocycles. The molecule has 126 valence electrons. The van der Waals surface area contributed by atoms with Gasteiger partial charge in [0.25, 0.3) is 0 Å². The van der Waals surface area contributed by atoms with Crippen molar-refractivity contribution < 1.29 is 28.1 Å². The molecule has 0 unspecified atom stereocenters. The Balaban J connectivity index is 1.83. The molecule has 0 bridgehead atoms. The number of rotatable bonds is 3. The molecule has 4 heterocycles. The molecular weight excluding hydrogens is 324 g/mol. The van der Waals surface area contributed by atoms with E-state index < -0.39 is 31.0 Å². The van der Waals surface area contributed by atoms with Gasteiger partial charge in [-0.2, -0.15) is 8.78 Å². The first kappa shape index (κ1) is 15.2. The summed E-state index contributed by atoms with van der Waals surface area (Å²) in [5.74, 6) is -3.57. The van der Waals surface area contributed by atoms with Gasteiger partial charge in [-0.3, -0.25) is 0 Å². The van der Waals surface area contributed by atoms with E-state index in [4.69, 9.17) is 14.3 Å². The number of ether oxygens (including phenoxy) is 1. The predicted molar refractivity (Wildman–Crippen MR) is 77.2 cm³/mol. The van der Waals surface area contributed by atoms with Crippen molar-refractivity contribution in [2.45, 2.75) is 24.4 Å². The number of aromatic nitrogens is 3. The van der Waals surface area contributed by atoms with E-state index in [-0.39, 0.29) is 5.65 Å². The van der Waals surface area contributed by atoms with Crippen molar-refractivity contribution in [3.63, 3.8) is 0 Å². The lowest BCUT2D eigenvalue weighted by Crippen LogP contribution is -2.39. The molecule has 0 aliphatic carbocycles. The number of aliphatic hydroxyl groups is 2. The molecule has 9 heteroatoms. The number of hydrogen-bond donors (Lipinski definition) is 2. The van der Waals surface area contributed by atoms with Gasteiger partial charge in [-0.25, -0.2) is 9.97 Å². The summed E-state index contributed by atoms with van der Waals surface area (Å²) in [6.45, 7) is -0.707. The Bertz CT molecular complexity index is 865. The lowest BCUT2D eigenvalue weighted by Gasteiger charge is -2.21. The average molecular weight is 337 g/mol. The third-order valence-electron chi connectivity index (χ3n) is 4.12. The molecule has 0 radical (unpaired) electrons. The summed E-state index contributed by atoms with van der Waals surface area (Å²) in [4.78, 5) is 8.23. The summed E-state index contributed by atoms with van der Waals surface area (Å²) in [5, 5.41) is 19.3. The van der Waals surface area contributed by atoms with Gasteiger partial charge in [0.2, 0.25) is 6.23 Å². The molecule has 0 aromatic carbocycles. The molecule has 0 amide bonds. The predicted octanol–water partition coefficient (Wildman–Crippen LogP) is 1.58. The zero-order chi connectivity index (χ0) is 16.9. The first-order valence-corrected chi connectivity index (χ1v) is 7.20. The second kappa shape index (κ2) is 5.33. The highest BCUT2D eigenvalue weighted by atomic mass is 19.3. The van der Waals surface area contributed by atoms with Crippen LogP contribution in [0.5, 0.6) is 0 Å². The third kappa shape index (κ3) is 2.05. The van der Waals surface area contributed by atoms with Crippen LogP contribution in [0.25, 0.3) is 22.3 Å². The Morgan fingerprint density at radius 1 is 1.29 bits per heavy atom. The molecule has 3 aromatic rings. The maximum Gasteiger partial charge on any atom is 0.320 e. The van der Waals surface area contributed by atoms with Crippen molar-refractivity contribution in [3.05, 3.63) is 37.2 Å². The number of hydrogen-bond acceptors (Lipinski definition) is 6. The summed E-state index contributed by atoms with van der Waals surface area (Å²) in [6, 6.07) is 3.29. The maximum absolute atomic E-state index is 14.3. The maximum atomic E-state index is 14.3. The molecule has 1 aliphatic heterocycles. The van der Waals surface area contributed by atoms with E-state index in [9.17, 15) is 13.9 Å². The van der Waals surface area contributed by atoms with Gasteiger partial charge >= 0.3 is 5.92 Å². The van der Waals surface area contributed by atoms with E-state index >= 15 is 0 Å². The molecule has 24 heavy (non-hydrogen) atoms. The largest absolute Gasteiger partial charge is 0.472 e. The lowest BCUT2D eigenvalue weighted by molar-refractivity contribution is -0.138. The molecule has 0 spiro atoms. The van der Waals surface area contributed by atoms with Crippen LogP contribution in [0.3, 0.4) is 0 Å². The van der Waals surface area contributed by atoms with Crippen LogP contribution in [0, 0.1) is 0 Å². The van der Waals surface area contributed by atoms with Crippen molar-refractivity contribution in [3.8, 4) is 11.3 Å². The first-order chi connectivity index (χ1) is 11.5. The van der Waals surface area contributed by atoms with Crippen LogP contribution < -0.4 is 0 Å². The Hall–Kier alpha value is -2.36. The molecule has 3 aromatic heterocycles. The van der Waals surface area contributed by atoms with Crippen LogP contribution in [0.4, 0.5) is 8.78 Å². The van der Waals surface area contributed by atoms with E-state index in [1.807, 2.05) is 0 Å². The molecule has 2 N–H and O–H groups in total. The highest BCUT2D eigenvalue weighted by molar-refractivity contribution is 5.90. The topological polar surface area (TPSA) is 93.5 Å². The van der Waals surface area contributed by atoms with Gasteiger partial charge < -0.3 is 23.9 Å². The molecule has 1 aliphatic rings. The third-order valence-corrected chi connectivity index (χ3v) is 4.12. The summed E-state index contributed by atoms with van der Waals surface area (Å²) >= 11 is 0. The van der Waals surface area contributed by atoms with E-state index in [0.29, 0.717) is 16.6 Å². The first-order valence-electron chi connectivity index (χ1n) is 7.20. The summed E-state index contributed by atoms with van der Waals surface area (Å²) < 4.78 is 40.0. The Morgan fingerprint density at radius 2 is 2.12 bits per heavy atom. The van der Waals surface area contributed by atoms with Crippen LogP contribution in [0.2, 0.25) is 0 Å². The molecule has 3 atom stereocenters. The normalized spacial score (nSPS) is 26.2. The number of fused-ring (bicyclic) bond motifs is 1. The lowest BCUT2D eigenvalue weighted by atomic mass is 10.1. The van der Waals surface area contributed by atoms with Crippen LogP contribution in [-0.4, -0.2) is 49.5 Å². The average Bonchev–Trinajstić information content (AvgIpc) is 3.28. The second-order valence-electron chi connectivity index (χ2n) is 5.52. The van der Waals surface area contributed by atoms with Gasteiger partial charge in [0.1, 0.15) is 18.1 Å². The van der Waals surface area contributed by atoms with Crippen molar-refractivity contribution >= 4 is 11.0 Å². The van der Waals surface area contributed by atoms with Gasteiger partial charge in [0.05, 0.1) is 24.8 Å². The van der Waals surface area contributed by atoms with Gasteiger partial charge in [0.15, 0.2) is 6.10 Å². The number of aliphatic hydroxyl groups excluding tert-OH is 2. The highest BCUT2D eigenvalue weighted by Gasteiger charge is 2.59. The molecule has 7 nitrogen and oxygen atoms in total. The zero-order valence-electron chi connectivity index (χ0n) is 12.2. The Morgan fingerprint density at radius 3 is 2.79 bits per heavy atom. The van der Waals surface area contributed by atoms with Crippen LogP contribution in [0.1, 0.15) is 6.23 Å². The summed E-state index contributed by atoms with van der Waals surface area (Å²) in [6.07, 6.45) is 0.400. The quantitative estimate of drug-likeness (QED) is 0.754. The Kier molecular flexibility index (Phi) is 3.37. The minimum Gasteiger partial charge on any atom is -0.472 e. The van der Waals surface area contributed by atoms with Crippen LogP contribution in [-0.2, 0) is 4.74 Å². The number of halogens is 2. The van der Waals surface area contributed by atoms with Crippen LogP contribution >= 0.6 is 0 Å². The highest BCUT2D eigenvalue weighted by Crippen LogP contribution is 2.44. The minimum absolute atomic E-state index is 0.233. The second-order valence-corrected chi connectivity index (χ2v) is 5.52. The standard InChI is InChI=1S/C15H13F2N3O4/c16-15(17)12(22)10(5-21)24-14(15)20-3-1-9-11(8-2-4-23-6-8)18-7-19-13(9)20/h1-4,6-7,10,12,14,21-22H,5H2/t10-,12-,14-/m1/s1. The van der Waals surface area contributed by atoms with E-state index in [2.05, 4.69) is 9.97 Å². The van der Waals surface area contributed by atoms with Crippen LogP contribution in [0.15, 0.2) is 41.6 Å². The SMILES string of the molecule is OC[C@H]1O[C@@H](n2ccc3c(-c4ccoc4)ncnc32)C(F)(F)[C@@H]1O. The summed E-state index contributed by atoms with van der Waals surface area (Å²) in [5.41, 5.74) is 1.46. The van der Waals surface area contributed by atoms with E-state index in [0.717, 1.165) is 4.57 Å². The monoisotopic (exact) mass is 337 g/mol. The van der Waals surface area contributed by atoms with Gasteiger partial charge in [-0.05, 0) is 12.1 Å². The number of alkyl halides is 2. The van der Waals surface area contributed by atoms with Crippen molar-refractivity contribution in [1.29, 1.82) is 0 Å². The number of nitrogens with zero attached hydrogens (tertiary/aromatic N) is 3. The van der Waals surface area contributed by atoms with Crippen molar-refractivity contribution in [1.82, 2.24) is 14.5 Å². The van der Waals surface area contributed by atoms with Gasteiger partial charge in [-0.1, -0.05) is 0 Å². The Labute approximate surface area is 134 Å². The molecule has 4 rings (SSSR count). The van der Waals surface area contributed by atoms with E-state index in [1.54, 1.807) is 12.1 Å². The summed E-state index contributed by atoms with van der Waals surface area (Å²) in [7, 11) is 0. The van der Waals surface area contributed by atoms with Gasteiger partial charge in [-0.15, -0.1) is 0 Å². The fraction of sp³-hybridized carbons (Fsp3) is 0.333. The smallest absolute Gasteiger partial charge is 0.320 e. The fourth-order valence-corrected chi connectivity index (χ4v) is 2.91. The fourth-order valence-electron chi connectivity index (χ4n) is 2.91. The number of furan rings is 1. The molecule has 1 saturated heterocycles. The zero-order valence-corrected chi connectivity index (χ0v) is 12.2. The van der Waals surface area contributed by atoms with E-state index in [1.165, 1.54) is 25.1 Å². The molecular formula is C15H13F2N3O4. The van der Waals surface area contributed by atoms with Gasteiger partial charge in [0, 0.05) is 17.1 Å². The van der Waals surface area contributed by atoms with Crippen molar-refractivity contribution in [2.75, 3.05) is 6.61 Å². The molecule has 1 fully saturated rings. The minimum atomic E-state index is -3.57. The van der Waals surface area contributed by atoms with Crippen molar-refractivity contribution in [2.24, 2.45) is 0 Å².